The Kier molecular flexibility index (Phi) is 3.29. The Balaban J connectivity index is 1.34. The normalized spacial score (nSPS) is 21.8. The van der Waals surface area contributed by atoms with Gasteiger partial charge in [-0.25, -0.2) is 0 Å². The molecule has 22 heavy (non-hydrogen) atoms. The van der Waals surface area contributed by atoms with Crippen molar-refractivity contribution in [3.8, 4) is 5.75 Å². The van der Waals surface area contributed by atoms with E-state index in [9.17, 15) is 4.79 Å². The number of nitrogens with one attached hydrogen (secondary N) is 1. The number of amides is 1. The van der Waals surface area contributed by atoms with E-state index in [0.29, 0.717) is 11.8 Å². The fourth-order valence-electron chi connectivity index (χ4n) is 3.13. The molecule has 0 radical (unpaired) electrons. The first-order valence-corrected chi connectivity index (χ1v) is 7.75. The number of rotatable bonds is 4. The molecule has 1 amide bonds. The quantitative estimate of drug-likeness (QED) is 0.943. The highest BCUT2D eigenvalue weighted by atomic mass is 16.5. The minimum Gasteiger partial charge on any atom is -0.493 e. The number of carbonyl (C=O) groups is 1. The Morgan fingerprint density at radius 3 is 3.18 bits per heavy atom. The molecule has 1 fully saturated rings. The molecule has 4 nitrogen and oxygen atoms in total. The van der Waals surface area contributed by atoms with Crippen molar-refractivity contribution in [3.05, 3.63) is 59.4 Å². The summed E-state index contributed by atoms with van der Waals surface area (Å²) in [6.45, 7) is 1.45. The molecule has 0 saturated heterocycles. The first-order valence-electron chi connectivity index (χ1n) is 7.75. The van der Waals surface area contributed by atoms with Gasteiger partial charge in [0, 0.05) is 30.9 Å². The molecule has 1 aromatic carbocycles. The number of nitrogens with zero attached hydrogens (tertiary/aromatic N) is 1. The SMILES string of the molecule is O=C(NC[C@@H]1C[C@H]1c1cccnc1)c1ccc2c(c1)CCO2. The molecule has 2 aromatic rings. The van der Waals surface area contributed by atoms with Gasteiger partial charge in [-0.15, -0.1) is 0 Å². The maximum atomic E-state index is 12.3. The molecule has 1 aliphatic heterocycles. The van der Waals surface area contributed by atoms with Crippen LogP contribution in [0, 0.1) is 5.92 Å². The Hall–Kier alpha value is -2.36. The zero-order chi connectivity index (χ0) is 14.9. The monoisotopic (exact) mass is 294 g/mol. The summed E-state index contributed by atoms with van der Waals surface area (Å²) < 4.78 is 5.47. The first-order chi connectivity index (χ1) is 10.8. The van der Waals surface area contributed by atoms with Gasteiger partial charge in [0.1, 0.15) is 5.75 Å². The zero-order valence-electron chi connectivity index (χ0n) is 12.3. The summed E-state index contributed by atoms with van der Waals surface area (Å²) in [5, 5.41) is 3.05. The second kappa shape index (κ2) is 5.44. The second-order valence-corrected chi connectivity index (χ2v) is 6.02. The summed E-state index contributed by atoms with van der Waals surface area (Å²) in [5.41, 5.74) is 3.13. The van der Waals surface area contributed by atoms with E-state index < -0.39 is 0 Å². The van der Waals surface area contributed by atoms with Crippen molar-refractivity contribution in [1.82, 2.24) is 10.3 Å². The third kappa shape index (κ3) is 2.56. The van der Waals surface area contributed by atoms with Gasteiger partial charge in [-0.1, -0.05) is 6.07 Å². The average molecular weight is 294 g/mol. The summed E-state index contributed by atoms with van der Waals surface area (Å²) in [4.78, 5) is 16.4. The Labute approximate surface area is 129 Å². The van der Waals surface area contributed by atoms with Crippen LogP contribution in [0.3, 0.4) is 0 Å². The smallest absolute Gasteiger partial charge is 0.251 e. The molecular formula is C18H18N2O2. The van der Waals surface area contributed by atoms with Gasteiger partial charge in [-0.3, -0.25) is 9.78 Å². The van der Waals surface area contributed by atoms with Crippen LogP contribution in [0.4, 0.5) is 0 Å². The highest BCUT2D eigenvalue weighted by Gasteiger charge is 2.38. The molecule has 1 aliphatic carbocycles. The van der Waals surface area contributed by atoms with Gasteiger partial charge in [-0.2, -0.15) is 0 Å². The molecule has 2 aliphatic rings. The van der Waals surface area contributed by atoms with E-state index in [1.54, 1.807) is 6.20 Å². The van der Waals surface area contributed by atoms with Crippen molar-refractivity contribution in [2.75, 3.05) is 13.2 Å². The van der Waals surface area contributed by atoms with Crippen LogP contribution < -0.4 is 10.1 Å². The van der Waals surface area contributed by atoms with Gasteiger partial charge in [0.25, 0.3) is 5.91 Å². The van der Waals surface area contributed by atoms with Gasteiger partial charge in [-0.05, 0) is 53.6 Å². The van der Waals surface area contributed by atoms with Gasteiger partial charge in [0.15, 0.2) is 0 Å². The molecule has 0 bridgehead atoms. The number of aromatic nitrogens is 1. The van der Waals surface area contributed by atoms with Crippen LogP contribution in [0.1, 0.15) is 33.8 Å². The summed E-state index contributed by atoms with van der Waals surface area (Å²) in [5.74, 6) is 2.00. The largest absolute Gasteiger partial charge is 0.493 e. The zero-order valence-corrected chi connectivity index (χ0v) is 12.3. The number of ether oxygens (including phenoxy) is 1. The summed E-state index contributed by atoms with van der Waals surface area (Å²) in [6, 6.07) is 9.76. The van der Waals surface area contributed by atoms with Crippen molar-refractivity contribution in [2.24, 2.45) is 5.92 Å². The Morgan fingerprint density at radius 1 is 1.36 bits per heavy atom. The van der Waals surface area contributed by atoms with E-state index >= 15 is 0 Å². The Morgan fingerprint density at radius 2 is 2.32 bits per heavy atom. The number of fused-ring (bicyclic) bond motifs is 1. The van der Waals surface area contributed by atoms with E-state index in [1.807, 2.05) is 30.5 Å². The third-order valence-electron chi connectivity index (χ3n) is 4.51. The van der Waals surface area contributed by atoms with Gasteiger partial charge >= 0.3 is 0 Å². The molecular weight excluding hydrogens is 276 g/mol. The predicted octanol–water partition coefficient (Wildman–Crippen LogP) is 2.55. The summed E-state index contributed by atoms with van der Waals surface area (Å²) in [6.07, 6.45) is 5.74. The maximum Gasteiger partial charge on any atom is 0.251 e. The molecule has 1 saturated carbocycles. The van der Waals surface area contributed by atoms with Crippen LogP contribution >= 0.6 is 0 Å². The number of carbonyl (C=O) groups excluding carboxylic acids is 1. The average Bonchev–Trinajstić information content (AvgIpc) is 3.19. The van der Waals surface area contributed by atoms with E-state index in [4.69, 9.17) is 4.74 Å². The van der Waals surface area contributed by atoms with Crippen LogP contribution in [0.25, 0.3) is 0 Å². The van der Waals surface area contributed by atoms with Crippen molar-refractivity contribution in [2.45, 2.75) is 18.8 Å². The minimum absolute atomic E-state index is 0.00605. The van der Waals surface area contributed by atoms with Gasteiger partial charge in [0.2, 0.25) is 0 Å². The van der Waals surface area contributed by atoms with E-state index in [0.717, 1.165) is 42.9 Å². The molecule has 0 spiro atoms. The van der Waals surface area contributed by atoms with Crippen LogP contribution in [0.2, 0.25) is 0 Å². The first kappa shape index (κ1) is 13.3. The predicted molar refractivity (Wildman–Crippen MR) is 83.1 cm³/mol. The molecule has 2 atom stereocenters. The molecule has 0 unspecified atom stereocenters. The van der Waals surface area contributed by atoms with Crippen LogP contribution in [0.5, 0.6) is 5.75 Å². The highest BCUT2D eigenvalue weighted by Crippen LogP contribution is 2.46. The van der Waals surface area contributed by atoms with Gasteiger partial charge < -0.3 is 10.1 Å². The molecule has 112 valence electrons. The molecule has 2 heterocycles. The van der Waals surface area contributed by atoms with E-state index in [2.05, 4.69) is 16.4 Å². The van der Waals surface area contributed by atoms with Gasteiger partial charge in [0.05, 0.1) is 6.61 Å². The lowest BCUT2D eigenvalue weighted by molar-refractivity contribution is 0.0951. The number of benzene rings is 1. The molecule has 4 heteroatoms. The van der Waals surface area contributed by atoms with Crippen molar-refractivity contribution < 1.29 is 9.53 Å². The summed E-state index contributed by atoms with van der Waals surface area (Å²) in [7, 11) is 0. The third-order valence-corrected chi connectivity index (χ3v) is 4.51. The standard InChI is InChI=1S/C18H18N2O2/c21-18(13-3-4-17-12(8-13)5-7-22-17)20-11-15-9-16(15)14-2-1-6-19-10-14/h1-4,6,8,10,15-16H,5,7,9,11H2,(H,20,21)/t15-,16-/m0/s1. The lowest BCUT2D eigenvalue weighted by atomic mass is 10.1. The topological polar surface area (TPSA) is 51.2 Å². The van der Waals surface area contributed by atoms with Crippen LogP contribution in [-0.2, 0) is 6.42 Å². The minimum atomic E-state index is 0.00605. The fraction of sp³-hybridized carbons (Fsp3) is 0.333. The lowest BCUT2D eigenvalue weighted by Gasteiger charge is -2.06. The second-order valence-electron chi connectivity index (χ2n) is 6.02. The molecule has 4 rings (SSSR count). The van der Waals surface area contributed by atoms with Crippen LogP contribution in [0.15, 0.2) is 42.7 Å². The van der Waals surface area contributed by atoms with Crippen molar-refractivity contribution >= 4 is 5.91 Å². The van der Waals surface area contributed by atoms with E-state index in [-0.39, 0.29) is 5.91 Å². The fourth-order valence-corrected chi connectivity index (χ4v) is 3.13. The van der Waals surface area contributed by atoms with Crippen LogP contribution in [-0.4, -0.2) is 24.0 Å². The number of pyridine rings is 1. The van der Waals surface area contributed by atoms with Crippen molar-refractivity contribution in [3.63, 3.8) is 0 Å². The maximum absolute atomic E-state index is 12.3. The highest BCUT2D eigenvalue weighted by molar-refractivity contribution is 5.94. The Bertz CT molecular complexity index is 699. The summed E-state index contributed by atoms with van der Waals surface area (Å²) >= 11 is 0. The lowest BCUT2D eigenvalue weighted by Crippen LogP contribution is -2.25. The molecule has 1 N–H and O–H groups in total. The number of hydrogen-bond donors (Lipinski definition) is 1. The molecule has 1 aromatic heterocycles. The van der Waals surface area contributed by atoms with Crippen molar-refractivity contribution in [1.29, 1.82) is 0 Å². The number of hydrogen-bond acceptors (Lipinski definition) is 3. The van der Waals surface area contributed by atoms with E-state index in [1.165, 1.54) is 5.56 Å².